The molecule has 0 aromatic rings. The number of rotatable bonds is 5. The molecular formula is C9H20N2. The average Bonchev–Trinajstić information content (AvgIpc) is 2.71. The fourth-order valence-electron chi connectivity index (χ4n) is 1.35. The molecule has 1 atom stereocenters. The van der Waals surface area contributed by atoms with Crippen LogP contribution < -0.4 is 5.73 Å². The van der Waals surface area contributed by atoms with Crippen LogP contribution in [0.2, 0.25) is 0 Å². The third kappa shape index (κ3) is 3.73. The van der Waals surface area contributed by atoms with Gasteiger partial charge < -0.3 is 10.6 Å². The zero-order valence-corrected chi connectivity index (χ0v) is 7.71. The summed E-state index contributed by atoms with van der Waals surface area (Å²) in [7, 11) is 2.17. The fourth-order valence-corrected chi connectivity index (χ4v) is 1.35. The summed E-state index contributed by atoms with van der Waals surface area (Å²) in [4.78, 5) is 2.37. The van der Waals surface area contributed by atoms with Crippen LogP contribution in [0.1, 0.15) is 26.2 Å². The number of hydrogen-bond acceptors (Lipinski definition) is 2. The molecule has 0 saturated heterocycles. The minimum atomic E-state index is 0.374. The van der Waals surface area contributed by atoms with Gasteiger partial charge in [-0.1, -0.05) is 6.92 Å². The summed E-state index contributed by atoms with van der Waals surface area (Å²) in [5, 5.41) is 0. The van der Waals surface area contributed by atoms with E-state index in [1.807, 2.05) is 0 Å². The molecule has 0 aromatic heterocycles. The van der Waals surface area contributed by atoms with Crippen molar-refractivity contribution in [2.45, 2.75) is 32.2 Å². The van der Waals surface area contributed by atoms with Gasteiger partial charge in [-0.3, -0.25) is 0 Å². The molecular weight excluding hydrogens is 136 g/mol. The van der Waals surface area contributed by atoms with E-state index < -0.39 is 0 Å². The van der Waals surface area contributed by atoms with Crippen molar-refractivity contribution in [1.29, 1.82) is 0 Å². The highest BCUT2D eigenvalue weighted by Crippen LogP contribution is 2.29. The van der Waals surface area contributed by atoms with Crippen LogP contribution in [-0.2, 0) is 0 Å². The molecule has 0 spiro atoms. The van der Waals surface area contributed by atoms with Crippen molar-refractivity contribution in [3.63, 3.8) is 0 Å². The average molecular weight is 156 g/mol. The van der Waals surface area contributed by atoms with Crippen molar-refractivity contribution in [3.05, 3.63) is 0 Å². The van der Waals surface area contributed by atoms with E-state index in [9.17, 15) is 0 Å². The second kappa shape index (κ2) is 4.07. The molecule has 2 heteroatoms. The lowest BCUT2D eigenvalue weighted by molar-refractivity contribution is 0.296. The minimum Gasteiger partial charge on any atom is -0.327 e. The van der Waals surface area contributed by atoms with E-state index in [0.29, 0.717) is 6.04 Å². The van der Waals surface area contributed by atoms with Crippen molar-refractivity contribution < 1.29 is 0 Å². The molecule has 2 N–H and O–H groups in total. The number of likely N-dealkylation sites (N-methyl/N-ethyl adjacent to an activating group) is 1. The Morgan fingerprint density at radius 1 is 1.55 bits per heavy atom. The maximum Gasteiger partial charge on any atom is 0.0165 e. The van der Waals surface area contributed by atoms with Gasteiger partial charge >= 0.3 is 0 Å². The molecule has 1 fully saturated rings. The molecule has 0 bridgehead atoms. The normalized spacial score (nSPS) is 20.7. The second-order valence-electron chi connectivity index (χ2n) is 3.83. The largest absolute Gasteiger partial charge is 0.327 e. The molecule has 1 rings (SSSR count). The molecule has 11 heavy (non-hydrogen) atoms. The minimum absolute atomic E-state index is 0.374. The monoisotopic (exact) mass is 156 g/mol. The quantitative estimate of drug-likeness (QED) is 0.645. The van der Waals surface area contributed by atoms with Crippen LogP contribution in [0.4, 0.5) is 0 Å². The Morgan fingerprint density at radius 3 is 2.64 bits per heavy atom. The van der Waals surface area contributed by atoms with Crippen LogP contribution in [0.3, 0.4) is 0 Å². The highest BCUT2D eigenvalue weighted by atomic mass is 15.1. The number of nitrogens with two attached hydrogens (primary N) is 1. The predicted molar refractivity (Wildman–Crippen MR) is 48.5 cm³/mol. The maximum atomic E-state index is 5.83. The lowest BCUT2D eigenvalue weighted by Crippen LogP contribution is -2.35. The van der Waals surface area contributed by atoms with Crippen molar-refractivity contribution in [1.82, 2.24) is 4.90 Å². The number of nitrogens with zero attached hydrogens (tertiary/aromatic N) is 1. The first kappa shape index (κ1) is 9.01. The Kier molecular flexibility index (Phi) is 3.34. The van der Waals surface area contributed by atoms with E-state index in [1.165, 1.54) is 19.4 Å². The molecule has 0 aliphatic heterocycles. The smallest absolute Gasteiger partial charge is 0.0165 e. The summed E-state index contributed by atoms with van der Waals surface area (Å²) in [5.41, 5.74) is 5.83. The lowest BCUT2D eigenvalue weighted by Gasteiger charge is -2.19. The van der Waals surface area contributed by atoms with Gasteiger partial charge in [0, 0.05) is 19.1 Å². The van der Waals surface area contributed by atoms with Gasteiger partial charge in [0.25, 0.3) is 0 Å². The summed E-state index contributed by atoms with van der Waals surface area (Å²) in [6, 6.07) is 0.374. The van der Waals surface area contributed by atoms with Gasteiger partial charge in [-0.25, -0.2) is 0 Å². The van der Waals surface area contributed by atoms with Crippen molar-refractivity contribution >= 4 is 0 Å². The lowest BCUT2D eigenvalue weighted by atomic mass is 10.2. The van der Waals surface area contributed by atoms with Crippen LogP contribution >= 0.6 is 0 Å². The van der Waals surface area contributed by atoms with E-state index >= 15 is 0 Å². The summed E-state index contributed by atoms with van der Waals surface area (Å²) >= 11 is 0. The van der Waals surface area contributed by atoms with Gasteiger partial charge in [0.1, 0.15) is 0 Å². The maximum absolute atomic E-state index is 5.83. The van der Waals surface area contributed by atoms with E-state index in [0.717, 1.165) is 18.9 Å². The van der Waals surface area contributed by atoms with Crippen LogP contribution in [0.5, 0.6) is 0 Å². The molecule has 0 amide bonds. The van der Waals surface area contributed by atoms with Crippen molar-refractivity contribution in [3.8, 4) is 0 Å². The Labute approximate surface area is 69.8 Å². The SMILES string of the molecule is CCC(N)CN(C)CC1CC1. The predicted octanol–water partition coefficient (Wildman–Crippen LogP) is 1.07. The summed E-state index contributed by atoms with van der Waals surface area (Å²) in [6.07, 6.45) is 3.96. The summed E-state index contributed by atoms with van der Waals surface area (Å²) in [5.74, 6) is 0.990. The Balaban J connectivity index is 2.03. The van der Waals surface area contributed by atoms with Crippen LogP contribution in [-0.4, -0.2) is 31.1 Å². The van der Waals surface area contributed by atoms with E-state index in [1.54, 1.807) is 0 Å². The van der Waals surface area contributed by atoms with Gasteiger partial charge in [-0.05, 0) is 32.2 Å². The third-order valence-corrected chi connectivity index (χ3v) is 2.34. The van der Waals surface area contributed by atoms with Gasteiger partial charge in [-0.2, -0.15) is 0 Å². The van der Waals surface area contributed by atoms with Crippen molar-refractivity contribution in [2.75, 3.05) is 20.1 Å². The molecule has 2 nitrogen and oxygen atoms in total. The fraction of sp³-hybridized carbons (Fsp3) is 1.00. The molecule has 1 saturated carbocycles. The zero-order chi connectivity index (χ0) is 8.27. The zero-order valence-electron chi connectivity index (χ0n) is 7.71. The Morgan fingerprint density at radius 2 is 2.18 bits per heavy atom. The molecule has 1 unspecified atom stereocenters. The highest BCUT2D eigenvalue weighted by Gasteiger charge is 2.22. The molecule has 0 heterocycles. The van der Waals surface area contributed by atoms with Crippen LogP contribution in [0.15, 0.2) is 0 Å². The molecule has 66 valence electrons. The molecule has 1 aliphatic rings. The van der Waals surface area contributed by atoms with Crippen molar-refractivity contribution in [2.24, 2.45) is 11.7 Å². The topological polar surface area (TPSA) is 29.3 Å². The van der Waals surface area contributed by atoms with Gasteiger partial charge in [-0.15, -0.1) is 0 Å². The Hall–Kier alpha value is -0.0800. The van der Waals surface area contributed by atoms with Gasteiger partial charge in [0.15, 0.2) is 0 Å². The first-order chi connectivity index (χ1) is 5.22. The third-order valence-electron chi connectivity index (χ3n) is 2.34. The van der Waals surface area contributed by atoms with Gasteiger partial charge in [0.05, 0.1) is 0 Å². The van der Waals surface area contributed by atoms with E-state index in [-0.39, 0.29) is 0 Å². The molecule has 0 aromatic carbocycles. The summed E-state index contributed by atoms with van der Waals surface area (Å²) in [6.45, 7) is 4.47. The van der Waals surface area contributed by atoms with E-state index in [4.69, 9.17) is 5.73 Å². The standard InChI is InChI=1S/C9H20N2/c1-3-9(10)7-11(2)6-8-4-5-8/h8-9H,3-7,10H2,1-2H3. The Bertz CT molecular complexity index is 110. The van der Waals surface area contributed by atoms with Gasteiger partial charge in [0.2, 0.25) is 0 Å². The van der Waals surface area contributed by atoms with E-state index in [2.05, 4.69) is 18.9 Å². The highest BCUT2D eigenvalue weighted by molar-refractivity contribution is 4.77. The molecule has 1 aliphatic carbocycles. The molecule has 0 radical (unpaired) electrons. The number of hydrogen-bond donors (Lipinski definition) is 1. The summed E-state index contributed by atoms with van der Waals surface area (Å²) < 4.78 is 0. The first-order valence-electron chi connectivity index (χ1n) is 4.66. The first-order valence-corrected chi connectivity index (χ1v) is 4.66. The van der Waals surface area contributed by atoms with Crippen LogP contribution in [0, 0.1) is 5.92 Å². The second-order valence-corrected chi connectivity index (χ2v) is 3.83. The van der Waals surface area contributed by atoms with Crippen LogP contribution in [0.25, 0.3) is 0 Å².